The summed E-state index contributed by atoms with van der Waals surface area (Å²) in [4.78, 5) is 12.4. The number of nitrogens with zero attached hydrogens (tertiary/aromatic N) is 2. The van der Waals surface area contributed by atoms with Gasteiger partial charge in [0.1, 0.15) is 5.69 Å². The van der Waals surface area contributed by atoms with Crippen LogP contribution < -0.4 is 5.43 Å². The van der Waals surface area contributed by atoms with Gasteiger partial charge in [-0.15, -0.1) is 0 Å². The highest BCUT2D eigenvalue weighted by Gasteiger charge is 2.11. The van der Waals surface area contributed by atoms with E-state index in [1.165, 1.54) is 5.56 Å². The molecule has 0 saturated carbocycles. The first-order valence-corrected chi connectivity index (χ1v) is 9.73. The fraction of sp³-hybridized carbons (Fsp3) is 0.0800. The highest BCUT2D eigenvalue weighted by atomic mass is 16.2. The summed E-state index contributed by atoms with van der Waals surface area (Å²) in [7, 11) is 0. The molecule has 0 aliphatic carbocycles. The monoisotopic (exact) mass is 394 g/mol. The second kappa shape index (κ2) is 8.57. The van der Waals surface area contributed by atoms with Gasteiger partial charge in [-0.3, -0.25) is 9.89 Å². The Labute approximate surface area is 175 Å². The molecule has 0 atom stereocenters. The molecule has 4 aromatic rings. The van der Waals surface area contributed by atoms with E-state index in [9.17, 15) is 4.79 Å². The molecule has 1 aromatic heterocycles. The number of rotatable bonds is 5. The Balaban J connectivity index is 1.45. The van der Waals surface area contributed by atoms with Gasteiger partial charge in [0.15, 0.2) is 0 Å². The van der Waals surface area contributed by atoms with E-state index in [1.54, 1.807) is 6.07 Å². The number of hydrogen-bond donors (Lipinski definition) is 2. The van der Waals surface area contributed by atoms with Crippen LogP contribution in [0.25, 0.3) is 22.4 Å². The Morgan fingerprint density at radius 3 is 2.20 bits per heavy atom. The lowest BCUT2D eigenvalue weighted by molar-refractivity contribution is 0.0950. The van der Waals surface area contributed by atoms with Crippen molar-refractivity contribution in [1.82, 2.24) is 15.6 Å². The zero-order valence-corrected chi connectivity index (χ0v) is 16.9. The number of hydrogen-bond acceptors (Lipinski definition) is 3. The second-order valence-corrected chi connectivity index (χ2v) is 7.11. The van der Waals surface area contributed by atoms with Crippen molar-refractivity contribution in [3.63, 3.8) is 0 Å². The molecule has 1 amide bonds. The van der Waals surface area contributed by atoms with Crippen LogP contribution in [0.4, 0.5) is 0 Å². The summed E-state index contributed by atoms with van der Waals surface area (Å²) in [5, 5.41) is 11.3. The molecule has 0 aliphatic heterocycles. The lowest BCUT2D eigenvalue weighted by Crippen LogP contribution is -2.19. The van der Waals surface area contributed by atoms with Crippen molar-refractivity contribution in [2.45, 2.75) is 13.8 Å². The van der Waals surface area contributed by atoms with E-state index in [0.29, 0.717) is 11.4 Å². The minimum absolute atomic E-state index is 0.332. The Bertz CT molecular complexity index is 1170. The summed E-state index contributed by atoms with van der Waals surface area (Å²) in [5.41, 5.74) is 9.76. The first-order chi connectivity index (χ1) is 14.6. The minimum atomic E-state index is -0.332. The predicted molar refractivity (Wildman–Crippen MR) is 120 cm³/mol. The molecule has 30 heavy (non-hydrogen) atoms. The maximum absolute atomic E-state index is 12.4. The quantitative estimate of drug-likeness (QED) is 0.360. The van der Waals surface area contributed by atoms with Crippen molar-refractivity contribution in [1.29, 1.82) is 0 Å². The van der Waals surface area contributed by atoms with E-state index in [4.69, 9.17) is 0 Å². The van der Waals surface area contributed by atoms with E-state index in [0.717, 1.165) is 28.0 Å². The van der Waals surface area contributed by atoms with Crippen molar-refractivity contribution in [3.8, 4) is 22.4 Å². The number of hydrazone groups is 1. The van der Waals surface area contributed by atoms with Crippen LogP contribution in [0.15, 0.2) is 90.0 Å². The molecule has 148 valence electrons. The van der Waals surface area contributed by atoms with Crippen molar-refractivity contribution in [2.24, 2.45) is 5.10 Å². The zero-order valence-electron chi connectivity index (χ0n) is 16.9. The largest absolute Gasteiger partial charge is 0.289 e. The van der Waals surface area contributed by atoms with Gasteiger partial charge >= 0.3 is 0 Å². The van der Waals surface area contributed by atoms with Gasteiger partial charge in [0.25, 0.3) is 5.91 Å². The SMILES string of the molecule is C/C(=N\NC(=O)c1cc(-c2ccc(-c3ccccc3)cc2)n[nH]1)c1ccc(C)cc1. The number of benzene rings is 3. The number of carbonyl (C=O) groups is 1. The summed E-state index contributed by atoms with van der Waals surface area (Å²) in [6, 6.07) is 28.0. The number of H-pyrrole nitrogens is 1. The van der Waals surface area contributed by atoms with Crippen molar-refractivity contribution >= 4 is 11.6 Å². The highest BCUT2D eigenvalue weighted by Crippen LogP contribution is 2.24. The molecular formula is C25H22N4O. The van der Waals surface area contributed by atoms with Crippen molar-refractivity contribution in [3.05, 3.63) is 102 Å². The molecule has 3 aromatic carbocycles. The van der Waals surface area contributed by atoms with Gasteiger partial charge in [-0.05, 0) is 36.6 Å². The summed E-state index contributed by atoms with van der Waals surface area (Å²) in [5.74, 6) is -0.332. The molecule has 0 fully saturated rings. The van der Waals surface area contributed by atoms with E-state index >= 15 is 0 Å². The van der Waals surface area contributed by atoms with Crippen LogP contribution in [0.2, 0.25) is 0 Å². The first-order valence-electron chi connectivity index (χ1n) is 9.73. The summed E-state index contributed by atoms with van der Waals surface area (Å²) in [6.45, 7) is 3.89. The third-order valence-corrected chi connectivity index (χ3v) is 4.90. The van der Waals surface area contributed by atoms with Crippen LogP contribution in [0, 0.1) is 6.92 Å². The second-order valence-electron chi connectivity index (χ2n) is 7.11. The topological polar surface area (TPSA) is 70.1 Å². The molecule has 0 spiro atoms. The molecule has 1 heterocycles. The van der Waals surface area contributed by atoms with Crippen LogP contribution >= 0.6 is 0 Å². The Morgan fingerprint density at radius 1 is 0.867 bits per heavy atom. The predicted octanol–water partition coefficient (Wildman–Crippen LogP) is 5.21. The molecule has 0 radical (unpaired) electrons. The van der Waals surface area contributed by atoms with E-state index < -0.39 is 0 Å². The normalized spacial score (nSPS) is 11.3. The average Bonchev–Trinajstić information content (AvgIpc) is 3.29. The fourth-order valence-electron chi connectivity index (χ4n) is 3.10. The smallest absolute Gasteiger partial charge is 0.272 e. The number of aromatic nitrogens is 2. The number of aromatic amines is 1. The molecule has 0 aliphatic rings. The van der Waals surface area contributed by atoms with E-state index in [1.807, 2.05) is 80.6 Å². The molecule has 4 rings (SSSR count). The van der Waals surface area contributed by atoms with Crippen LogP contribution in [0.3, 0.4) is 0 Å². The number of amides is 1. The molecule has 5 nitrogen and oxygen atoms in total. The molecule has 0 saturated heterocycles. The Hall–Kier alpha value is -3.99. The number of nitrogens with one attached hydrogen (secondary N) is 2. The molecule has 2 N–H and O–H groups in total. The van der Waals surface area contributed by atoms with Crippen molar-refractivity contribution in [2.75, 3.05) is 0 Å². The Kier molecular flexibility index (Phi) is 5.52. The summed E-state index contributed by atoms with van der Waals surface area (Å²) in [6.07, 6.45) is 0. The summed E-state index contributed by atoms with van der Waals surface area (Å²) >= 11 is 0. The maximum Gasteiger partial charge on any atom is 0.289 e. The van der Waals surface area contributed by atoms with E-state index in [-0.39, 0.29) is 5.91 Å². The van der Waals surface area contributed by atoms with E-state index in [2.05, 4.69) is 32.9 Å². The average molecular weight is 394 g/mol. The van der Waals surface area contributed by atoms with Gasteiger partial charge < -0.3 is 0 Å². The third kappa shape index (κ3) is 4.36. The van der Waals surface area contributed by atoms with Crippen molar-refractivity contribution < 1.29 is 4.79 Å². The maximum atomic E-state index is 12.4. The van der Waals surface area contributed by atoms with Gasteiger partial charge in [-0.25, -0.2) is 5.43 Å². The number of carbonyl (C=O) groups excluding carboxylic acids is 1. The lowest BCUT2D eigenvalue weighted by Gasteiger charge is -2.03. The molecular weight excluding hydrogens is 372 g/mol. The van der Waals surface area contributed by atoms with Gasteiger partial charge in [0, 0.05) is 5.56 Å². The van der Waals surface area contributed by atoms with Crippen LogP contribution in [0.5, 0.6) is 0 Å². The van der Waals surface area contributed by atoms with Crippen LogP contribution in [-0.4, -0.2) is 21.8 Å². The van der Waals surface area contributed by atoms with Gasteiger partial charge in [-0.2, -0.15) is 10.2 Å². The molecule has 5 heteroatoms. The first kappa shape index (κ1) is 19.3. The molecule has 0 unspecified atom stereocenters. The number of aryl methyl sites for hydroxylation is 1. The third-order valence-electron chi connectivity index (χ3n) is 4.90. The van der Waals surface area contributed by atoms with Crippen LogP contribution in [0.1, 0.15) is 28.5 Å². The standard InChI is InChI=1S/C25H22N4O/c1-17-8-10-19(11-9-17)18(2)26-29-25(30)24-16-23(27-28-24)22-14-12-21(13-15-22)20-6-4-3-5-7-20/h3-16H,1-2H3,(H,27,28)(H,29,30)/b26-18+. The Morgan fingerprint density at radius 2 is 1.50 bits per heavy atom. The van der Waals surface area contributed by atoms with Crippen LogP contribution in [-0.2, 0) is 0 Å². The highest BCUT2D eigenvalue weighted by molar-refractivity contribution is 6.00. The fourth-order valence-corrected chi connectivity index (χ4v) is 3.10. The van der Waals surface area contributed by atoms with Gasteiger partial charge in [0.05, 0.1) is 11.4 Å². The zero-order chi connectivity index (χ0) is 20.9. The van der Waals surface area contributed by atoms with Gasteiger partial charge in [0.2, 0.25) is 0 Å². The minimum Gasteiger partial charge on any atom is -0.272 e. The lowest BCUT2D eigenvalue weighted by atomic mass is 10.0. The summed E-state index contributed by atoms with van der Waals surface area (Å²) < 4.78 is 0. The van der Waals surface area contributed by atoms with Gasteiger partial charge in [-0.1, -0.05) is 84.4 Å². The molecule has 0 bridgehead atoms.